The van der Waals surface area contributed by atoms with Crippen LogP contribution in [0.3, 0.4) is 0 Å². The Morgan fingerprint density at radius 1 is 1.27 bits per heavy atom. The average Bonchev–Trinajstić information content (AvgIpc) is 2.66. The van der Waals surface area contributed by atoms with E-state index >= 15 is 0 Å². The van der Waals surface area contributed by atoms with E-state index in [1.807, 2.05) is 0 Å². The monoisotopic (exact) mass is 212 g/mol. The first-order chi connectivity index (χ1) is 7.36. The zero-order valence-corrected chi connectivity index (χ0v) is 9.87. The lowest BCUT2D eigenvalue weighted by Gasteiger charge is -2.25. The second-order valence-corrected chi connectivity index (χ2v) is 4.85. The highest BCUT2D eigenvalue weighted by Crippen LogP contribution is 2.16. The van der Waals surface area contributed by atoms with Gasteiger partial charge in [0.2, 0.25) is 0 Å². The van der Waals surface area contributed by atoms with Gasteiger partial charge in [-0.1, -0.05) is 0 Å². The number of piperidine rings is 1. The number of nitrogens with zero attached hydrogens (tertiary/aromatic N) is 1. The van der Waals surface area contributed by atoms with Crippen molar-refractivity contribution >= 4 is 0 Å². The molecule has 0 spiro atoms. The van der Waals surface area contributed by atoms with Crippen molar-refractivity contribution in [1.29, 1.82) is 0 Å². The maximum absolute atomic E-state index is 5.91. The average molecular weight is 212 g/mol. The summed E-state index contributed by atoms with van der Waals surface area (Å²) >= 11 is 0. The van der Waals surface area contributed by atoms with Gasteiger partial charge in [-0.2, -0.15) is 0 Å². The second kappa shape index (κ2) is 5.83. The molecular weight excluding hydrogens is 188 g/mol. The number of nitrogens with one attached hydrogen (secondary N) is 1. The highest BCUT2D eigenvalue weighted by atomic mass is 16.5. The Hall–Kier alpha value is -0.120. The first-order valence-corrected chi connectivity index (χ1v) is 6.42. The summed E-state index contributed by atoms with van der Waals surface area (Å²) in [6.07, 6.45) is 5.64. The molecule has 0 radical (unpaired) electrons. The predicted molar refractivity (Wildman–Crippen MR) is 62.1 cm³/mol. The molecule has 3 heteroatoms. The molecule has 0 amide bonds. The Balaban J connectivity index is 1.57. The van der Waals surface area contributed by atoms with Crippen LogP contribution in [0.15, 0.2) is 0 Å². The molecule has 2 saturated heterocycles. The smallest absolute Gasteiger partial charge is 0.0600 e. The van der Waals surface area contributed by atoms with Gasteiger partial charge in [-0.15, -0.1) is 0 Å². The van der Waals surface area contributed by atoms with E-state index in [2.05, 4.69) is 17.1 Å². The van der Waals surface area contributed by atoms with Crippen molar-refractivity contribution in [2.24, 2.45) is 0 Å². The topological polar surface area (TPSA) is 24.5 Å². The summed E-state index contributed by atoms with van der Waals surface area (Å²) in [7, 11) is 0. The molecule has 0 aliphatic carbocycles. The summed E-state index contributed by atoms with van der Waals surface area (Å²) in [6.45, 7) is 7.92. The van der Waals surface area contributed by atoms with E-state index in [1.54, 1.807) is 0 Å². The van der Waals surface area contributed by atoms with Gasteiger partial charge in [-0.05, 0) is 52.2 Å². The van der Waals surface area contributed by atoms with Crippen molar-refractivity contribution in [3.63, 3.8) is 0 Å². The fraction of sp³-hybridized carbons (Fsp3) is 1.00. The summed E-state index contributed by atoms with van der Waals surface area (Å²) in [6, 6.07) is 0.779. The van der Waals surface area contributed by atoms with E-state index in [0.29, 0.717) is 6.10 Å². The molecule has 2 fully saturated rings. The van der Waals surface area contributed by atoms with Crippen molar-refractivity contribution in [1.82, 2.24) is 10.2 Å². The van der Waals surface area contributed by atoms with Gasteiger partial charge in [0.1, 0.15) is 0 Å². The van der Waals surface area contributed by atoms with Crippen LogP contribution < -0.4 is 5.32 Å². The van der Waals surface area contributed by atoms with Crippen LogP contribution in [0.25, 0.3) is 0 Å². The standard InChI is InChI=1S/C12H24N2O/c1-11-3-2-8-14(11)9-10-15-12-4-6-13-7-5-12/h11-13H,2-10H2,1H3. The van der Waals surface area contributed by atoms with E-state index in [9.17, 15) is 0 Å². The highest BCUT2D eigenvalue weighted by Gasteiger charge is 2.20. The fourth-order valence-corrected chi connectivity index (χ4v) is 2.62. The molecule has 2 rings (SSSR count). The van der Waals surface area contributed by atoms with Gasteiger partial charge < -0.3 is 10.1 Å². The number of ether oxygens (including phenoxy) is 1. The minimum atomic E-state index is 0.518. The van der Waals surface area contributed by atoms with Gasteiger partial charge in [0.05, 0.1) is 12.7 Å². The molecule has 0 saturated carbocycles. The molecule has 2 aliphatic heterocycles. The molecule has 1 atom stereocenters. The lowest BCUT2D eigenvalue weighted by atomic mass is 10.1. The lowest BCUT2D eigenvalue weighted by Crippen LogP contribution is -2.35. The fourth-order valence-electron chi connectivity index (χ4n) is 2.62. The van der Waals surface area contributed by atoms with Crippen LogP contribution in [0.4, 0.5) is 0 Å². The Kier molecular flexibility index (Phi) is 4.42. The van der Waals surface area contributed by atoms with Crippen molar-refractivity contribution in [2.45, 2.75) is 44.8 Å². The molecule has 0 aromatic rings. The van der Waals surface area contributed by atoms with Crippen LogP contribution in [0.1, 0.15) is 32.6 Å². The van der Waals surface area contributed by atoms with E-state index in [-0.39, 0.29) is 0 Å². The largest absolute Gasteiger partial charge is 0.377 e. The molecule has 2 heterocycles. The Morgan fingerprint density at radius 3 is 2.73 bits per heavy atom. The number of hydrogen-bond donors (Lipinski definition) is 1. The summed E-state index contributed by atoms with van der Waals surface area (Å²) in [5.41, 5.74) is 0. The minimum Gasteiger partial charge on any atom is -0.377 e. The van der Waals surface area contributed by atoms with Crippen LogP contribution in [0.5, 0.6) is 0 Å². The molecule has 1 unspecified atom stereocenters. The molecule has 1 N–H and O–H groups in total. The Labute approximate surface area is 93.2 Å². The molecule has 15 heavy (non-hydrogen) atoms. The zero-order chi connectivity index (χ0) is 10.5. The summed E-state index contributed by atoms with van der Waals surface area (Å²) in [4.78, 5) is 2.56. The van der Waals surface area contributed by atoms with Gasteiger partial charge in [0.25, 0.3) is 0 Å². The van der Waals surface area contributed by atoms with E-state index in [0.717, 1.165) is 32.3 Å². The predicted octanol–water partition coefficient (Wildman–Crippen LogP) is 1.24. The molecule has 0 aromatic carbocycles. The van der Waals surface area contributed by atoms with Crippen molar-refractivity contribution < 1.29 is 4.74 Å². The van der Waals surface area contributed by atoms with Crippen LogP contribution in [-0.4, -0.2) is 49.8 Å². The Bertz CT molecular complexity index is 180. The molecule has 0 bridgehead atoms. The first kappa shape index (κ1) is 11.4. The van der Waals surface area contributed by atoms with Crippen molar-refractivity contribution in [3.8, 4) is 0 Å². The van der Waals surface area contributed by atoms with E-state index in [4.69, 9.17) is 4.74 Å². The maximum Gasteiger partial charge on any atom is 0.0600 e. The van der Waals surface area contributed by atoms with Gasteiger partial charge in [0, 0.05) is 12.6 Å². The normalized spacial score (nSPS) is 29.8. The zero-order valence-electron chi connectivity index (χ0n) is 9.87. The number of likely N-dealkylation sites (tertiary alicyclic amines) is 1. The second-order valence-electron chi connectivity index (χ2n) is 4.85. The number of rotatable bonds is 4. The van der Waals surface area contributed by atoms with Crippen molar-refractivity contribution in [3.05, 3.63) is 0 Å². The first-order valence-electron chi connectivity index (χ1n) is 6.42. The van der Waals surface area contributed by atoms with E-state index < -0.39 is 0 Å². The quantitative estimate of drug-likeness (QED) is 0.759. The van der Waals surface area contributed by atoms with Crippen molar-refractivity contribution in [2.75, 3.05) is 32.8 Å². The number of hydrogen-bond acceptors (Lipinski definition) is 3. The molecular formula is C12H24N2O. The summed E-state index contributed by atoms with van der Waals surface area (Å²) < 4.78 is 5.91. The van der Waals surface area contributed by atoms with Gasteiger partial charge >= 0.3 is 0 Å². The highest BCUT2D eigenvalue weighted by molar-refractivity contribution is 4.75. The van der Waals surface area contributed by atoms with Gasteiger partial charge in [0.15, 0.2) is 0 Å². The molecule has 0 aromatic heterocycles. The maximum atomic E-state index is 5.91. The SMILES string of the molecule is CC1CCCN1CCOC1CCNCC1. The third-order valence-corrected chi connectivity index (χ3v) is 3.71. The van der Waals surface area contributed by atoms with Crippen LogP contribution in [-0.2, 0) is 4.74 Å². The third kappa shape index (κ3) is 3.44. The van der Waals surface area contributed by atoms with Gasteiger partial charge in [-0.3, -0.25) is 4.90 Å². The summed E-state index contributed by atoms with van der Waals surface area (Å²) in [5.74, 6) is 0. The lowest BCUT2D eigenvalue weighted by molar-refractivity contribution is 0.0193. The van der Waals surface area contributed by atoms with Gasteiger partial charge in [-0.25, -0.2) is 0 Å². The summed E-state index contributed by atoms with van der Waals surface area (Å²) in [5, 5.41) is 3.36. The molecule has 88 valence electrons. The van der Waals surface area contributed by atoms with Crippen LogP contribution in [0.2, 0.25) is 0 Å². The van der Waals surface area contributed by atoms with Crippen LogP contribution >= 0.6 is 0 Å². The Morgan fingerprint density at radius 2 is 2.07 bits per heavy atom. The third-order valence-electron chi connectivity index (χ3n) is 3.71. The molecule has 3 nitrogen and oxygen atoms in total. The van der Waals surface area contributed by atoms with Crippen LogP contribution in [0, 0.1) is 0 Å². The van der Waals surface area contributed by atoms with E-state index in [1.165, 1.54) is 32.2 Å². The minimum absolute atomic E-state index is 0.518. The molecule has 2 aliphatic rings.